The van der Waals surface area contributed by atoms with Gasteiger partial charge in [0.15, 0.2) is 0 Å². The van der Waals surface area contributed by atoms with Crippen LogP contribution in [0.2, 0.25) is 0 Å². The van der Waals surface area contributed by atoms with E-state index in [0.29, 0.717) is 6.42 Å². The van der Waals surface area contributed by atoms with Crippen LogP contribution < -0.4 is 15.5 Å². The molecule has 0 rings (SSSR count). The minimum Gasteiger partial charge on any atom is -0.550 e. The molecule has 1 atom stereocenters. The number of nitrogens with one attached hydrogen (secondary N) is 1. The molecule has 0 aliphatic heterocycles. The van der Waals surface area contributed by atoms with Gasteiger partial charge < -0.3 is 25.1 Å². The van der Waals surface area contributed by atoms with Gasteiger partial charge in [-0.1, -0.05) is 71.1 Å². The van der Waals surface area contributed by atoms with E-state index in [2.05, 4.69) is 12.2 Å². The van der Waals surface area contributed by atoms with Gasteiger partial charge in [0, 0.05) is 12.4 Å². The topological polar surface area (TPSA) is 109 Å². The van der Waals surface area contributed by atoms with Crippen molar-refractivity contribution in [3.8, 4) is 0 Å². The number of carbonyl (C=O) groups is 3. The van der Waals surface area contributed by atoms with Crippen LogP contribution in [0.1, 0.15) is 96.8 Å². The number of amides is 1. The average Bonchev–Trinajstić information content (AvgIpc) is 2.56. The summed E-state index contributed by atoms with van der Waals surface area (Å²) in [5, 5.41) is 23.5. The Bertz CT molecular complexity index is 390. The Morgan fingerprint density at radius 2 is 1.23 bits per heavy atom. The Balaban J connectivity index is 0. The van der Waals surface area contributed by atoms with Gasteiger partial charge in [0.25, 0.3) is 0 Å². The number of aliphatic carboxylic acids is 2. The minimum atomic E-state index is -1.46. The molecule has 1 amide bonds. The Morgan fingerprint density at radius 1 is 0.769 bits per heavy atom. The first-order valence-electron chi connectivity index (χ1n) is 9.67. The third kappa shape index (κ3) is 18.0. The monoisotopic (exact) mass is 379 g/mol. The molecule has 0 bridgehead atoms. The Labute approximate surface area is 173 Å². The van der Waals surface area contributed by atoms with Crippen LogP contribution >= 0.6 is 0 Å². The Hall–Kier alpha value is -0.824. The van der Waals surface area contributed by atoms with Gasteiger partial charge in [0.2, 0.25) is 5.91 Å². The van der Waals surface area contributed by atoms with Crippen LogP contribution in [0.15, 0.2) is 0 Å². The summed E-state index contributed by atoms with van der Waals surface area (Å²) in [6, 6.07) is -1.27. The summed E-state index contributed by atoms with van der Waals surface area (Å²) >= 11 is 0. The first-order valence-corrected chi connectivity index (χ1v) is 9.67. The third-order valence-electron chi connectivity index (χ3n) is 4.26. The molecule has 0 aromatic heterocycles. The van der Waals surface area contributed by atoms with Crippen LogP contribution in [0.5, 0.6) is 0 Å². The van der Waals surface area contributed by atoms with Crippen molar-refractivity contribution in [2.24, 2.45) is 0 Å². The Morgan fingerprint density at radius 3 is 1.65 bits per heavy atom. The molecule has 146 valence electrons. The molecule has 7 heteroatoms. The molecule has 0 spiro atoms. The molecule has 0 heterocycles. The number of carboxylic acid groups (broad SMARTS) is 2. The van der Waals surface area contributed by atoms with Gasteiger partial charge in [-0.05, 0) is 19.3 Å². The van der Waals surface area contributed by atoms with Gasteiger partial charge in [-0.2, -0.15) is 0 Å². The summed E-state index contributed by atoms with van der Waals surface area (Å²) in [6.45, 7) is 2.21. The standard InChI is InChI=1S/C19H35NO5.Mg/c1-2-3-4-5-6-7-8-9-10-11-12-13-17(21)20-16(19(24)25)14-15-18(22)23;/h16H,2-15H2,1H3,(H,20,21)(H,22,23)(H,24,25);/q;+2/p-2/t16-;/m1./s1. The van der Waals surface area contributed by atoms with Crippen LogP contribution in [0.4, 0.5) is 0 Å². The average molecular weight is 380 g/mol. The molecule has 0 aromatic carbocycles. The molecule has 0 unspecified atom stereocenters. The van der Waals surface area contributed by atoms with Crippen molar-refractivity contribution < 1.29 is 24.6 Å². The van der Waals surface area contributed by atoms with E-state index in [9.17, 15) is 24.6 Å². The number of hydrogen-bond acceptors (Lipinski definition) is 5. The van der Waals surface area contributed by atoms with Crippen LogP contribution in [-0.4, -0.2) is 46.9 Å². The maximum Gasteiger partial charge on any atom is 2.00 e. The first-order chi connectivity index (χ1) is 12.0. The summed E-state index contributed by atoms with van der Waals surface area (Å²) in [5.74, 6) is -3.18. The normalized spacial score (nSPS) is 11.4. The SMILES string of the molecule is CCCCCCCCCCCCCC(=O)N[C@H](CCC(=O)[O-])C(=O)[O-].[Mg+2]. The number of rotatable bonds is 17. The molecule has 1 N–H and O–H groups in total. The van der Waals surface area contributed by atoms with E-state index in [1.54, 1.807) is 0 Å². The molecular formula is C19H33MgNO5. The van der Waals surface area contributed by atoms with Crippen molar-refractivity contribution >= 4 is 40.9 Å². The van der Waals surface area contributed by atoms with Gasteiger partial charge in [-0.3, -0.25) is 4.79 Å². The van der Waals surface area contributed by atoms with Crippen LogP contribution in [0.25, 0.3) is 0 Å². The smallest absolute Gasteiger partial charge is 0.550 e. The van der Waals surface area contributed by atoms with Crippen molar-refractivity contribution in [1.82, 2.24) is 5.32 Å². The van der Waals surface area contributed by atoms with Crippen molar-refractivity contribution in [3.05, 3.63) is 0 Å². The molecular weight excluding hydrogens is 347 g/mol. The summed E-state index contributed by atoms with van der Waals surface area (Å²) in [6.07, 6.45) is 12.6. The second kappa shape index (κ2) is 19.0. The fraction of sp³-hybridized carbons (Fsp3) is 0.842. The van der Waals surface area contributed by atoms with Gasteiger partial charge in [-0.15, -0.1) is 0 Å². The molecule has 0 fully saturated rings. The van der Waals surface area contributed by atoms with Crippen molar-refractivity contribution in [2.75, 3.05) is 0 Å². The maximum absolute atomic E-state index is 11.7. The van der Waals surface area contributed by atoms with Gasteiger partial charge in [-0.25, -0.2) is 0 Å². The van der Waals surface area contributed by atoms with Gasteiger partial charge >= 0.3 is 23.1 Å². The predicted octanol–water partition coefficient (Wildman–Crippen LogP) is 1.07. The number of carbonyl (C=O) groups excluding carboxylic acids is 3. The van der Waals surface area contributed by atoms with E-state index in [0.717, 1.165) is 12.8 Å². The van der Waals surface area contributed by atoms with E-state index < -0.39 is 24.4 Å². The fourth-order valence-corrected chi connectivity index (χ4v) is 2.73. The van der Waals surface area contributed by atoms with Crippen LogP contribution in [0, 0.1) is 0 Å². The van der Waals surface area contributed by atoms with E-state index >= 15 is 0 Å². The van der Waals surface area contributed by atoms with Gasteiger partial charge in [0.1, 0.15) is 0 Å². The fourth-order valence-electron chi connectivity index (χ4n) is 2.73. The first kappa shape index (κ1) is 27.4. The van der Waals surface area contributed by atoms with Crippen molar-refractivity contribution in [1.29, 1.82) is 0 Å². The molecule has 0 saturated carbocycles. The second-order valence-electron chi connectivity index (χ2n) is 6.64. The molecule has 26 heavy (non-hydrogen) atoms. The predicted molar refractivity (Wildman–Crippen MR) is 98.0 cm³/mol. The molecule has 0 radical (unpaired) electrons. The summed E-state index contributed by atoms with van der Waals surface area (Å²) in [7, 11) is 0. The molecule has 0 aromatic rings. The molecule has 0 aliphatic carbocycles. The van der Waals surface area contributed by atoms with E-state index in [4.69, 9.17) is 0 Å². The number of hydrogen-bond donors (Lipinski definition) is 1. The van der Waals surface area contributed by atoms with Crippen LogP contribution in [0.3, 0.4) is 0 Å². The quantitative estimate of drug-likeness (QED) is 0.300. The third-order valence-corrected chi connectivity index (χ3v) is 4.26. The molecule has 0 saturated heterocycles. The zero-order valence-corrected chi connectivity index (χ0v) is 17.6. The van der Waals surface area contributed by atoms with Crippen molar-refractivity contribution in [2.45, 2.75) is 103 Å². The van der Waals surface area contributed by atoms with Crippen molar-refractivity contribution in [3.63, 3.8) is 0 Å². The minimum absolute atomic E-state index is 0. The maximum atomic E-state index is 11.7. The summed E-state index contributed by atoms with van der Waals surface area (Å²) in [4.78, 5) is 32.9. The summed E-state index contributed by atoms with van der Waals surface area (Å²) in [5.41, 5.74) is 0. The summed E-state index contributed by atoms with van der Waals surface area (Å²) < 4.78 is 0. The van der Waals surface area contributed by atoms with Gasteiger partial charge in [0.05, 0.1) is 12.0 Å². The van der Waals surface area contributed by atoms with E-state index in [1.165, 1.54) is 51.4 Å². The Kier molecular flexibility index (Phi) is 20.0. The zero-order valence-electron chi connectivity index (χ0n) is 16.2. The second-order valence-corrected chi connectivity index (χ2v) is 6.64. The van der Waals surface area contributed by atoms with E-state index in [1.807, 2.05) is 0 Å². The molecule has 6 nitrogen and oxygen atoms in total. The number of unbranched alkanes of at least 4 members (excludes halogenated alkanes) is 10. The number of carboxylic acids is 2. The largest absolute Gasteiger partial charge is 2.00 e. The zero-order chi connectivity index (χ0) is 18.9. The van der Waals surface area contributed by atoms with E-state index in [-0.39, 0.29) is 41.8 Å². The van der Waals surface area contributed by atoms with Crippen LogP contribution in [-0.2, 0) is 14.4 Å². The molecule has 0 aliphatic rings.